The van der Waals surface area contributed by atoms with Crippen LogP contribution in [0.15, 0.2) is 112 Å². The molecule has 0 aliphatic carbocycles. The van der Waals surface area contributed by atoms with Crippen molar-refractivity contribution in [1.29, 1.82) is 0 Å². The molecule has 0 aliphatic heterocycles. The summed E-state index contributed by atoms with van der Waals surface area (Å²) in [5, 5.41) is 24.1. The van der Waals surface area contributed by atoms with E-state index in [2.05, 4.69) is 19.4 Å². The van der Waals surface area contributed by atoms with Crippen LogP contribution in [0.1, 0.15) is 32.1 Å². The number of nitrogens with one attached hydrogen (secondary N) is 2. The van der Waals surface area contributed by atoms with Gasteiger partial charge < -0.3 is 28.6 Å². The number of nitrogens with zero attached hydrogens (tertiary/aromatic N) is 2. The second-order valence-electron chi connectivity index (χ2n) is 14.1. The molecule has 28 heteroatoms. The molecule has 2 N–H and O–H groups in total. The summed E-state index contributed by atoms with van der Waals surface area (Å²) in [5.41, 5.74) is -0.0379. The minimum absolute atomic E-state index is 0. The number of sulfone groups is 2. The number of hydrogen-bond donors (Lipinski definition) is 2. The van der Waals surface area contributed by atoms with Gasteiger partial charge in [0.1, 0.15) is 32.3 Å². The summed E-state index contributed by atoms with van der Waals surface area (Å²) in [5.74, 6) is -3.44. The number of carbonyl (C=O) groups excluding carboxylic acids is 2. The number of sulfonamides is 2. The predicted molar refractivity (Wildman–Crippen MR) is 244 cm³/mol. The number of aryl methyl sites for hydroxylation is 2. The molecule has 4 aromatic heterocycles. The van der Waals surface area contributed by atoms with E-state index in [1.165, 1.54) is 24.3 Å². The third-order valence-electron chi connectivity index (χ3n) is 9.37. The van der Waals surface area contributed by atoms with Crippen molar-refractivity contribution < 1.29 is 121 Å². The number of carbonyl (C=O) groups is 2. The number of carboxylic acids is 2. The number of halogens is 2. The molecular weight excluding hydrogens is 1070 g/mol. The largest absolute Gasteiger partial charge is 1.00 e. The normalized spacial score (nSPS) is 11.9. The first-order valence-corrected chi connectivity index (χ1v) is 27.3. The summed E-state index contributed by atoms with van der Waals surface area (Å²) in [7, 11) is -16.1. The number of hydrogen-bond acceptors (Lipinski definition) is 18. The minimum Gasteiger partial charge on any atom is -0.543 e. The van der Waals surface area contributed by atoms with Gasteiger partial charge in [-0.05, 0) is 109 Å². The predicted octanol–water partition coefficient (Wildman–Crippen LogP) is 0.180. The van der Waals surface area contributed by atoms with Gasteiger partial charge in [-0.3, -0.25) is 9.44 Å². The van der Waals surface area contributed by atoms with Crippen LogP contribution >= 0.6 is 45.9 Å². The number of aromatic carboxylic acids is 2. The molecule has 18 nitrogen and oxygen atoms in total. The third-order valence-corrected chi connectivity index (χ3v) is 18.6. The van der Waals surface area contributed by atoms with Crippen LogP contribution in [0.5, 0.6) is 0 Å². The molecule has 0 aliphatic rings. The number of oxazole rings is 2. The molecule has 0 spiro atoms. The van der Waals surface area contributed by atoms with Crippen LogP contribution in [0.2, 0.25) is 10.0 Å². The van der Waals surface area contributed by atoms with E-state index < -0.39 is 63.0 Å². The van der Waals surface area contributed by atoms with Crippen molar-refractivity contribution in [2.45, 2.75) is 32.1 Å². The van der Waals surface area contributed by atoms with Gasteiger partial charge in [0.25, 0.3) is 20.0 Å². The number of carboxylic acid groups (broad SMARTS) is 2. The Morgan fingerprint density at radius 1 is 0.574 bits per heavy atom. The van der Waals surface area contributed by atoms with Gasteiger partial charge >= 0.3 is 59.1 Å². The van der Waals surface area contributed by atoms with E-state index in [-0.39, 0.29) is 112 Å². The van der Waals surface area contributed by atoms with E-state index in [4.69, 9.17) is 32.0 Å². The average molecular weight is 1100 g/mol. The fraction of sp³-hybridized carbons (Fsp3) is 0.100. The van der Waals surface area contributed by atoms with Gasteiger partial charge in [0.15, 0.2) is 19.7 Å². The van der Waals surface area contributed by atoms with Crippen LogP contribution in [0, 0.1) is 13.8 Å². The zero-order valence-electron chi connectivity index (χ0n) is 35.9. The van der Waals surface area contributed by atoms with Gasteiger partial charge in [-0.1, -0.05) is 23.2 Å². The number of rotatable bonds is 12. The Morgan fingerprint density at radius 3 is 1.24 bits per heavy atom. The Hall–Kier alpha value is -3.86. The molecule has 4 aromatic carbocycles. The Balaban J connectivity index is 0.000000247. The van der Waals surface area contributed by atoms with Crippen molar-refractivity contribution in [2.75, 3.05) is 22.0 Å². The number of thiophene rings is 2. The Kier molecular flexibility index (Phi) is 16.9. The summed E-state index contributed by atoms with van der Waals surface area (Å²) in [6.07, 6.45) is 3.55. The van der Waals surface area contributed by atoms with E-state index in [1.54, 1.807) is 50.2 Å². The van der Waals surface area contributed by atoms with Crippen molar-refractivity contribution in [3.05, 3.63) is 118 Å². The van der Waals surface area contributed by atoms with Gasteiger partial charge in [-0.25, -0.2) is 43.6 Å². The van der Waals surface area contributed by atoms with Crippen molar-refractivity contribution >= 4 is 129 Å². The minimum atomic E-state index is -4.15. The van der Waals surface area contributed by atoms with Crippen molar-refractivity contribution in [1.82, 2.24) is 9.97 Å². The van der Waals surface area contributed by atoms with E-state index in [9.17, 15) is 53.5 Å². The Morgan fingerprint density at radius 2 is 0.926 bits per heavy atom. The quantitative estimate of drug-likeness (QED) is 0.154. The number of anilines is 2. The second kappa shape index (κ2) is 20.8. The van der Waals surface area contributed by atoms with Crippen LogP contribution in [0.4, 0.5) is 11.4 Å². The maximum atomic E-state index is 13.2. The standard InChI is InChI=1S/2C20H15ClN2O7S3.2Na/c2*1-10-13-8-12(21)4-6-16(13)31-20(10)33(28,29)23-14-5-3-11(7-17(14)32(2,26)27)18-22-15(9-30-18)19(24)25;;/h2*3-9,23H,1-2H3,(H,24,25);;/q;;2*+1/p-2. The third kappa shape index (κ3) is 11.8. The number of fused-ring (bicyclic) bond motifs is 2. The zero-order chi connectivity index (χ0) is 48.3. The van der Waals surface area contributed by atoms with Crippen molar-refractivity contribution in [2.24, 2.45) is 0 Å². The van der Waals surface area contributed by atoms with Crippen LogP contribution in [0.25, 0.3) is 43.1 Å². The number of benzene rings is 4. The average Bonchev–Trinajstić information content (AvgIpc) is 4.04. The maximum absolute atomic E-state index is 13.2. The molecule has 8 rings (SSSR count). The molecule has 0 bridgehead atoms. The number of aromatic nitrogens is 2. The molecule has 0 unspecified atom stereocenters. The van der Waals surface area contributed by atoms with Crippen molar-refractivity contribution in [3.8, 4) is 22.9 Å². The SMILES string of the molecule is Cc1c(S(=O)(=O)Nc2ccc(-c3nc(C(=O)[O-])co3)cc2S(C)(=O)=O)sc2ccc(Cl)cc12.Cc1c(S(=O)(=O)Nc2ccc(-c3nc(C(=O)[O-])co3)cc2S(C)(=O)=O)sc2ccc(Cl)cc12.[Na+].[Na+]. The van der Waals surface area contributed by atoms with Crippen molar-refractivity contribution in [3.63, 3.8) is 0 Å². The molecule has 0 amide bonds. The zero-order valence-corrected chi connectivity index (χ0v) is 46.3. The van der Waals surface area contributed by atoms with Gasteiger partial charge in [-0.15, -0.1) is 22.7 Å². The second-order valence-corrected chi connectivity index (χ2v) is 24.8. The molecule has 0 atom stereocenters. The maximum Gasteiger partial charge on any atom is 1.00 e. The summed E-state index contributed by atoms with van der Waals surface area (Å²) < 4.78 is 119. The first-order valence-electron chi connectivity index (χ1n) is 18.2. The topological polar surface area (TPSA) is 293 Å². The molecule has 4 heterocycles. The van der Waals surface area contributed by atoms with Gasteiger partial charge in [0, 0.05) is 43.1 Å². The fourth-order valence-electron chi connectivity index (χ4n) is 6.33. The Bertz CT molecular complexity index is 3530. The van der Waals surface area contributed by atoms with Crippen LogP contribution in [-0.2, 0) is 39.7 Å². The molecular formula is C40H28Cl2N4Na2O14S6. The first-order chi connectivity index (χ1) is 30.7. The Labute approximate surface area is 450 Å². The fourth-order valence-corrected chi connectivity index (χ4v) is 14.2. The molecule has 0 radical (unpaired) electrons. The van der Waals surface area contributed by atoms with Gasteiger partial charge in [0.05, 0.1) is 33.1 Å². The van der Waals surface area contributed by atoms with Gasteiger partial charge in [0.2, 0.25) is 11.8 Å². The van der Waals surface area contributed by atoms with E-state index in [1.807, 2.05) is 0 Å². The smallest absolute Gasteiger partial charge is 0.543 e. The summed E-state index contributed by atoms with van der Waals surface area (Å²) in [4.78, 5) is 28.6. The van der Waals surface area contributed by atoms with Crippen LogP contribution in [0.3, 0.4) is 0 Å². The summed E-state index contributed by atoms with van der Waals surface area (Å²) >= 11 is 14.1. The van der Waals surface area contributed by atoms with E-state index >= 15 is 0 Å². The summed E-state index contributed by atoms with van der Waals surface area (Å²) in [6.45, 7) is 3.28. The van der Waals surface area contributed by atoms with Gasteiger partial charge in [-0.2, -0.15) is 0 Å². The summed E-state index contributed by atoms with van der Waals surface area (Å²) in [6, 6.07) is 17.5. The van der Waals surface area contributed by atoms with E-state index in [0.717, 1.165) is 59.8 Å². The van der Waals surface area contributed by atoms with Crippen LogP contribution < -0.4 is 78.8 Å². The molecule has 68 heavy (non-hydrogen) atoms. The monoisotopic (exact) mass is 1100 g/mol. The molecule has 8 aromatic rings. The molecule has 0 fully saturated rings. The molecule has 0 saturated carbocycles. The first kappa shape index (κ1) is 55.1. The van der Waals surface area contributed by atoms with E-state index in [0.29, 0.717) is 41.3 Å². The van der Waals surface area contributed by atoms with Crippen LogP contribution in [-0.4, -0.2) is 68.1 Å². The molecule has 0 saturated heterocycles. The molecule has 344 valence electrons.